The minimum Gasteiger partial charge on any atom is -0.444 e. The first-order valence-corrected chi connectivity index (χ1v) is 17.7. The van der Waals surface area contributed by atoms with Crippen molar-refractivity contribution < 1.29 is 14.3 Å². The van der Waals surface area contributed by atoms with E-state index in [1.807, 2.05) is 124 Å². The first-order valence-electron chi connectivity index (χ1n) is 16.7. The van der Waals surface area contributed by atoms with E-state index in [9.17, 15) is 9.59 Å². The maximum atomic E-state index is 14.8. The molecule has 0 bridgehead atoms. The molecule has 0 fully saturated rings. The Morgan fingerprint density at radius 1 is 0.796 bits per heavy atom. The van der Waals surface area contributed by atoms with Gasteiger partial charge in [-0.05, 0) is 51.3 Å². The lowest BCUT2D eigenvalue weighted by Gasteiger charge is -2.44. The van der Waals surface area contributed by atoms with Gasteiger partial charge in [0.15, 0.2) is 0 Å². The van der Waals surface area contributed by atoms with E-state index in [-0.39, 0.29) is 11.7 Å². The van der Waals surface area contributed by atoms with E-state index in [0.717, 1.165) is 33.8 Å². The molecule has 1 unspecified atom stereocenters. The van der Waals surface area contributed by atoms with Crippen molar-refractivity contribution >= 4 is 23.8 Å². The van der Waals surface area contributed by atoms with Crippen molar-refractivity contribution in [2.45, 2.75) is 63.1 Å². The Morgan fingerprint density at radius 3 is 1.78 bits per heavy atom. The molecule has 0 aliphatic carbocycles. The van der Waals surface area contributed by atoms with Crippen molar-refractivity contribution in [2.75, 3.05) is 12.3 Å². The van der Waals surface area contributed by atoms with E-state index in [0.29, 0.717) is 13.1 Å². The number of imidazole rings is 1. The van der Waals surface area contributed by atoms with Crippen LogP contribution >= 0.6 is 11.8 Å². The van der Waals surface area contributed by atoms with E-state index in [1.165, 1.54) is 0 Å². The van der Waals surface area contributed by atoms with Crippen LogP contribution in [0.4, 0.5) is 4.79 Å². The van der Waals surface area contributed by atoms with Gasteiger partial charge in [-0.15, -0.1) is 11.8 Å². The number of benzene rings is 4. The zero-order valence-electron chi connectivity index (χ0n) is 28.8. The Bertz CT molecular complexity index is 1770. The molecule has 5 aromatic rings. The number of nitrogens with one attached hydrogen (secondary N) is 1. The number of carbonyl (C=O) groups is 2. The molecule has 49 heavy (non-hydrogen) atoms. The maximum Gasteiger partial charge on any atom is 0.408 e. The number of fused-ring (bicyclic) bond motifs is 1. The van der Waals surface area contributed by atoms with Crippen LogP contribution in [0.15, 0.2) is 128 Å². The zero-order chi connectivity index (χ0) is 34.6. The predicted octanol–water partition coefficient (Wildman–Crippen LogP) is 8.25. The number of carbonyl (C=O) groups excluding carboxylic acids is 2. The highest BCUT2D eigenvalue weighted by atomic mass is 32.2. The molecule has 8 heteroatoms. The van der Waals surface area contributed by atoms with Crippen molar-refractivity contribution in [1.29, 1.82) is 0 Å². The molecule has 7 nitrogen and oxygen atoms in total. The lowest BCUT2D eigenvalue weighted by atomic mass is 9.84. The van der Waals surface area contributed by atoms with Crippen LogP contribution in [0.1, 0.15) is 57.1 Å². The summed E-state index contributed by atoms with van der Waals surface area (Å²) in [6, 6.07) is 40.2. The summed E-state index contributed by atoms with van der Waals surface area (Å²) in [4.78, 5) is 35.1. The molecular weight excluding hydrogens is 629 g/mol. The fraction of sp³-hybridized carbons (Fsp3) is 0.293. The van der Waals surface area contributed by atoms with Crippen LogP contribution in [0.25, 0.3) is 11.3 Å². The van der Waals surface area contributed by atoms with Crippen molar-refractivity contribution in [1.82, 2.24) is 19.8 Å². The summed E-state index contributed by atoms with van der Waals surface area (Å²) in [6.07, 6.45) is 1.44. The van der Waals surface area contributed by atoms with Gasteiger partial charge in [0, 0.05) is 30.6 Å². The zero-order valence-corrected chi connectivity index (χ0v) is 29.6. The standard InChI is InChI=1S/C41H44N4O3S/c1-39(2,3)48-38(47)43-35(36(46)45-27-26-44-28-34(30-18-10-6-11-19-30)42-37(44)40(45,4)5)29-49-41(31-20-12-7-13-21-31,32-22-14-8-15-23-32)33-24-16-9-17-25-33/h6-25,28,35H,26-27,29H2,1-5H3,(H,43,47). The number of hydrogen-bond donors (Lipinski definition) is 1. The number of alkyl carbamates (subject to hydrolysis) is 1. The number of aromatic nitrogens is 2. The summed E-state index contributed by atoms with van der Waals surface area (Å²) in [7, 11) is 0. The van der Waals surface area contributed by atoms with E-state index in [4.69, 9.17) is 9.72 Å². The lowest BCUT2D eigenvalue weighted by molar-refractivity contribution is -0.140. The van der Waals surface area contributed by atoms with Crippen LogP contribution in [0, 0.1) is 0 Å². The highest BCUT2D eigenvalue weighted by Crippen LogP contribution is 2.49. The maximum absolute atomic E-state index is 14.8. The summed E-state index contributed by atoms with van der Waals surface area (Å²) in [5.74, 6) is 0.913. The molecule has 0 spiro atoms. The van der Waals surface area contributed by atoms with Gasteiger partial charge in [0.25, 0.3) is 0 Å². The highest BCUT2D eigenvalue weighted by Gasteiger charge is 2.44. The molecule has 1 aromatic heterocycles. The van der Waals surface area contributed by atoms with Gasteiger partial charge in [-0.3, -0.25) is 4.79 Å². The van der Waals surface area contributed by atoms with Gasteiger partial charge in [0.05, 0.1) is 16.0 Å². The summed E-state index contributed by atoms with van der Waals surface area (Å²) >= 11 is 1.64. The molecular formula is C41H44N4O3S. The minimum absolute atomic E-state index is 0.179. The number of ether oxygens (including phenoxy) is 1. The van der Waals surface area contributed by atoms with E-state index < -0.39 is 28.0 Å². The quantitative estimate of drug-likeness (QED) is 0.160. The normalized spacial score (nSPS) is 14.8. The number of nitrogens with zero attached hydrogens (tertiary/aromatic N) is 3. The van der Waals surface area contributed by atoms with E-state index in [2.05, 4.69) is 52.5 Å². The number of thioether (sulfide) groups is 1. The van der Waals surface area contributed by atoms with Crippen LogP contribution in [-0.4, -0.2) is 50.4 Å². The second kappa shape index (κ2) is 14.0. The number of rotatable bonds is 9. The molecule has 2 amide bonds. The molecule has 1 atom stereocenters. The highest BCUT2D eigenvalue weighted by molar-refractivity contribution is 8.00. The Morgan fingerprint density at radius 2 is 1.29 bits per heavy atom. The third kappa shape index (κ3) is 7.15. The van der Waals surface area contributed by atoms with Gasteiger partial charge in [-0.1, -0.05) is 121 Å². The summed E-state index contributed by atoms with van der Waals surface area (Å²) in [6.45, 7) is 10.6. The molecule has 2 heterocycles. The van der Waals surface area contributed by atoms with Crippen molar-refractivity contribution in [3.63, 3.8) is 0 Å². The topological polar surface area (TPSA) is 76.5 Å². The van der Waals surface area contributed by atoms with Gasteiger partial charge >= 0.3 is 6.09 Å². The van der Waals surface area contributed by atoms with Crippen LogP contribution in [-0.2, 0) is 26.4 Å². The van der Waals surface area contributed by atoms with Gasteiger partial charge < -0.3 is 19.5 Å². The molecule has 1 aliphatic heterocycles. The summed E-state index contributed by atoms with van der Waals surface area (Å²) in [5.41, 5.74) is 3.67. The van der Waals surface area contributed by atoms with Crippen LogP contribution < -0.4 is 5.32 Å². The molecule has 0 saturated carbocycles. The SMILES string of the molecule is CC(C)(C)OC(=O)NC(CSC(c1ccccc1)(c1ccccc1)c1ccccc1)C(=O)N1CCn2cc(-c3ccccc3)nc2C1(C)C. The average Bonchev–Trinajstić information content (AvgIpc) is 3.55. The third-order valence-corrected chi connectivity index (χ3v) is 10.5. The second-order valence-electron chi connectivity index (χ2n) is 13.8. The van der Waals surface area contributed by atoms with Gasteiger partial charge in [-0.25, -0.2) is 9.78 Å². The molecule has 1 N–H and O–H groups in total. The van der Waals surface area contributed by atoms with E-state index in [1.54, 1.807) is 11.8 Å². The summed E-state index contributed by atoms with van der Waals surface area (Å²) in [5, 5.41) is 2.99. The molecule has 252 valence electrons. The van der Waals surface area contributed by atoms with Crippen molar-refractivity contribution in [2.24, 2.45) is 0 Å². The monoisotopic (exact) mass is 672 g/mol. The Balaban J connectivity index is 1.38. The molecule has 4 aromatic carbocycles. The molecule has 0 saturated heterocycles. The molecule has 0 radical (unpaired) electrons. The van der Waals surface area contributed by atoms with Crippen molar-refractivity contribution in [3.8, 4) is 11.3 Å². The summed E-state index contributed by atoms with van der Waals surface area (Å²) < 4.78 is 7.18. The van der Waals surface area contributed by atoms with Crippen LogP contribution in [0.3, 0.4) is 0 Å². The van der Waals surface area contributed by atoms with E-state index >= 15 is 0 Å². The predicted molar refractivity (Wildman–Crippen MR) is 197 cm³/mol. The van der Waals surface area contributed by atoms with Gasteiger partial charge in [-0.2, -0.15) is 0 Å². The second-order valence-corrected chi connectivity index (χ2v) is 15.1. The number of hydrogen-bond acceptors (Lipinski definition) is 5. The fourth-order valence-electron chi connectivity index (χ4n) is 6.61. The smallest absolute Gasteiger partial charge is 0.408 e. The third-order valence-electron chi connectivity index (χ3n) is 8.90. The minimum atomic E-state index is -0.884. The largest absolute Gasteiger partial charge is 0.444 e. The first kappa shape index (κ1) is 34.1. The average molecular weight is 673 g/mol. The van der Waals surface area contributed by atoms with Gasteiger partial charge in [0.1, 0.15) is 17.5 Å². The first-order chi connectivity index (χ1) is 23.5. The Kier molecular flexibility index (Phi) is 9.70. The Labute approximate surface area is 293 Å². The van der Waals surface area contributed by atoms with Crippen LogP contribution in [0.5, 0.6) is 0 Å². The fourth-order valence-corrected chi connectivity index (χ4v) is 8.16. The van der Waals surface area contributed by atoms with Crippen LogP contribution in [0.2, 0.25) is 0 Å². The number of amides is 2. The van der Waals surface area contributed by atoms with Crippen molar-refractivity contribution in [3.05, 3.63) is 150 Å². The molecule has 6 rings (SSSR count). The van der Waals surface area contributed by atoms with Gasteiger partial charge in [0.2, 0.25) is 5.91 Å². The Hall–Kier alpha value is -4.82. The lowest BCUT2D eigenvalue weighted by Crippen LogP contribution is -2.59. The molecule has 1 aliphatic rings.